The summed E-state index contributed by atoms with van der Waals surface area (Å²) in [5, 5.41) is 2.73. The standard InChI is InChI=1S/C13H14.C12H18/c1-10(2)12-9-5-7-11-6-3-4-8-13(11)12;1-9(2)11-5-7-12(8-6-11)10(3)4/h3-10H,1-2H3;5-10H,1-4H3. The molecular weight excluding hydrogens is 300 g/mol. The van der Waals surface area contributed by atoms with Crippen molar-refractivity contribution in [3.63, 3.8) is 0 Å². The third-order valence-electron chi connectivity index (χ3n) is 4.72. The van der Waals surface area contributed by atoms with Gasteiger partial charge in [0.25, 0.3) is 0 Å². The summed E-state index contributed by atoms with van der Waals surface area (Å²) in [7, 11) is 0. The number of hydrogen-bond donors (Lipinski definition) is 0. The largest absolute Gasteiger partial charge is 0.0616 e. The van der Waals surface area contributed by atoms with E-state index in [1.165, 1.54) is 27.5 Å². The molecule has 0 fully saturated rings. The minimum atomic E-state index is 0.603. The van der Waals surface area contributed by atoms with Gasteiger partial charge in [0.15, 0.2) is 0 Å². The maximum Gasteiger partial charge on any atom is -0.0149 e. The summed E-state index contributed by atoms with van der Waals surface area (Å²) in [5.74, 6) is 1.89. The Morgan fingerprint density at radius 2 is 0.960 bits per heavy atom. The molecule has 0 amide bonds. The van der Waals surface area contributed by atoms with E-state index in [-0.39, 0.29) is 0 Å². The lowest BCUT2D eigenvalue weighted by molar-refractivity contribution is 0.845. The predicted molar refractivity (Wildman–Crippen MR) is 113 cm³/mol. The first-order valence-electron chi connectivity index (χ1n) is 9.47. The molecule has 0 nitrogen and oxygen atoms in total. The highest BCUT2D eigenvalue weighted by atomic mass is 14.1. The van der Waals surface area contributed by atoms with Gasteiger partial charge in [0.05, 0.1) is 0 Å². The van der Waals surface area contributed by atoms with E-state index in [0.717, 1.165) is 0 Å². The summed E-state index contributed by atoms with van der Waals surface area (Å²) in [6.07, 6.45) is 0. The summed E-state index contributed by atoms with van der Waals surface area (Å²) in [6, 6.07) is 24.0. The zero-order chi connectivity index (χ0) is 18.4. The maximum atomic E-state index is 2.24. The van der Waals surface area contributed by atoms with E-state index in [9.17, 15) is 0 Å². The Labute approximate surface area is 153 Å². The summed E-state index contributed by atoms with van der Waals surface area (Å²) in [5.41, 5.74) is 4.30. The van der Waals surface area contributed by atoms with Gasteiger partial charge in [-0.05, 0) is 45.2 Å². The van der Waals surface area contributed by atoms with Gasteiger partial charge in [-0.2, -0.15) is 0 Å². The predicted octanol–water partition coefficient (Wildman–Crippen LogP) is 7.90. The lowest BCUT2D eigenvalue weighted by Gasteiger charge is -2.08. The van der Waals surface area contributed by atoms with Crippen molar-refractivity contribution in [1.82, 2.24) is 0 Å². The van der Waals surface area contributed by atoms with Gasteiger partial charge in [-0.3, -0.25) is 0 Å². The van der Waals surface area contributed by atoms with Crippen LogP contribution in [0.2, 0.25) is 0 Å². The van der Waals surface area contributed by atoms with E-state index in [0.29, 0.717) is 17.8 Å². The van der Waals surface area contributed by atoms with Gasteiger partial charge in [0, 0.05) is 0 Å². The molecule has 0 heterocycles. The van der Waals surface area contributed by atoms with Crippen LogP contribution in [-0.4, -0.2) is 0 Å². The molecule has 3 rings (SSSR count). The Hall–Kier alpha value is -2.08. The van der Waals surface area contributed by atoms with Crippen LogP contribution in [0.1, 0.15) is 76.0 Å². The van der Waals surface area contributed by atoms with E-state index in [2.05, 4.69) is 108 Å². The van der Waals surface area contributed by atoms with Gasteiger partial charge in [0.2, 0.25) is 0 Å². The Kier molecular flexibility index (Phi) is 6.82. The topological polar surface area (TPSA) is 0 Å². The highest BCUT2D eigenvalue weighted by molar-refractivity contribution is 5.86. The number of fused-ring (bicyclic) bond motifs is 1. The highest BCUT2D eigenvalue weighted by Crippen LogP contribution is 2.24. The Balaban J connectivity index is 0.000000181. The first-order chi connectivity index (χ1) is 11.9. The molecule has 0 unspecified atom stereocenters. The monoisotopic (exact) mass is 332 g/mol. The average Bonchev–Trinajstić information content (AvgIpc) is 2.61. The van der Waals surface area contributed by atoms with Crippen molar-refractivity contribution in [2.24, 2.45) is 0 Å². The first kappa shape index (κ1) is 19.2. The Bertz CT molecular complexity index is 744. The number of benzene rings is 3. The van der Waals surface area contributed by atoms with Gasteiger partial charge >= 0.3 is 0 Å². The van der Waals surface area contributed by atoms with Crippen molar-refractivity contribution < 1.29 is 0 Å². The summed E-state index contributed by atoms with van der Waals surface area (Å²) < 4.78 is 0. The zero-order valence-corrected chi connectivity index (χ0v) is 16.6. The molecule has 0 radical (unpaired) electrons. The SMILES string of the molecule is CC(C)c1ccc(C(C)C)cc1.CC(C)c1cccc2ccccc12. The van der Waals surface area contributed by atoms with Gasteiger partial charge < -0.3 is 0 Å². The van der Waals surface area contributed by atoms with E-state index >= 15 is 0 Å². The molecule has 0 aromatic heterocycles. The fourth-order valence-electron chi connectivity index (χ4n) is 3.02. The molecule has 3 aromatic rings. The van der Waals surface area contributed by atoms with Gasteiger partial charge in [0.1, 0.15) is 0 Å². The van der Waals surface area contributed by atoms with Crippen molar-refractivity contribution in [2.45, 2.75) is 59.3 Å². The molecule has 0 saturated heterocycles. The maximum absolute atomic E-state index is 2.24. The number of rotatable bonds is 3. The van der Waals surface area contributed by atoms with Gasteiger partial charge in [-0.15, -0.1) is 0 Å². The van der Waals surface area contributed by atoms with Crippen molar-refractivity contribution in [1.29, 1.82) is 0 Å². The Morgan fingerprint density at radius 1 is 0.480 bits per heavy atom. The van der Waals surface area contributed by atoms with Gasteiger partial charge in [-0.25, -0.2) is 0 Å². The second-order valence-corrected chi connectivity index (χ2v) is 7.70. The minimum absolute atomic E-state index is 0.603. The third-order valence-corrected chi connectivity index (χ3v) is 4.72. The van der Waals surface area contributed by atoms with Crippen LogP contribution in [0, 0.1) is 0 Å². The van der Waals surface area contributed by atoms with E-state index in [4.69, 9.17) is 0 Å². The molecule has 0 atom stereocenters. The second kappa shape index (κ2) is 8.85. The summed E-state index contributed by atoms with van der Waals surface area (Å²) in [6.45, 7) is 13.4. The van der Waals surface area contributed by atoms with Crippen LogP contribution >= 0.6 is 0 Å². The number of hydrogen-bond acceptors (Lipinski definition) is 0. The van der Waals surface area contributed by atoms with Crippen LogP contribution in [-0.2, 0) is 0 Å². The first-order valence-corrected chi connectivity index (χ1v) is 9.47. The molecule has 0 aliphatic rings. The van der Waals surface area contributed by atoms with Crippen LogP contribution in [0.4, 0.5) is 0 Å². The van der Waals surface area contributed by atoms with E-state index in [1.54, 1.807) is 0 Å². The summed E-state index contributed by atoms with van der Waals surface area (Å²) in [4.78, 5) is 0. The van der Waals surface area contributed by atoms with Crippen molar-refractivity contribution in [3.8, 4) is 0 Å². The molecule has 25 heavy (non-hydrogen) atoms. The molecule has 0 aliphatic heterocycles. The molecule has 0 spiro atoms. The van der Waals surface area contributed by atoms with E-state index in [1.807, 2.05) is 0 Å². The second-order valence-electron chi connectivity index (χ2n) is 7.70. The van der Waals surface area contributed by atoms with Crippen molar-refractivity contribution >= 4 is 10.8 Å². The zero-order valence-electron chi connectivity index (χ0n) is 16.6. The normalized spacial score (nSPS) is 11.1. The quantitative estimate of drug-likeness (QED) is 0.457. The molecule has 3 aromatic carbocycles. The van der Waals surface area contributed by atoms with Crippen molar-refractivity contribution in [3.05, 3.63) is 83.4 Å². The fraction of sp³-hybridized carbons (Fsp3) is 0.360. The fourth-order valence-corrected chi connectivity index (χ4v) is 3.02. The summed E-state index contributed by atoms with van der Waals surface area (Å²) >= 11 is 0. The molecule has 0 N–H and O–H groups in total. The average molecular weight is 333 g/mol. The minimum Gasteiger partial charge on any atom is -0.0616 e. The lowest BCUT2D eigenvalue weighted by atomic mass is 9.96. The molecule has 0 saturated carbocycles. The smallest absolute Gasteiger partial charge is 0.0149 e. The third kappa shape index (κ3) is 5.19. The van der Waals surface area contributed by atoms with Gasteiger partial charge in [-0.1, -0.05) is 108 Å². The molecule has 0 aliphatic carbocycles. The van der Waals surface area contributed by atoms with Crippen LogP contribution in [0.3, 0.4) is 0 Å². The van der Waals surface area contributed by atoms with Crippen LogP contribution in [0.5, 0.6) is 0 Å². The molecular formula is C25H32. The highest BCUT2D eigenvalue weighted by Gasteiger charge is 2.03. The van der Waals surface area contributed by atoms with Crippen LogP contribution in [0.25, 0.3) is 10.8 Å². The van der Waals surface area contributed by atoms with Crippen LogP contribution in [0.15, 0.2) is 66.7 Å². The van der Waals surface area contributed by atoms with Crippen molar-refractivity contribution in [2.75, 3.05) is 0 Å². The Morgan fingerprint density at radius 3 is 1.44 bits per heavy atom. The van der Waals surface area contributed by atoms with E-state index < -0.39 is 0 Å². The molecule has 0 heteroatoms. The lowest BCUT2D eigenvalue weighted by Crippen LogP contribution is -1.90. The molecule has 0 bridgehead atoms. The van der Waals surface area contributed by atoms with Crippen LogP contribution < -0.4 is 0 Å². The molecule has 132 valence electrons.